The second-order valence-corrected chi connectivity index (χ2v) is 10.7. The van der Waals surface area contributed by atoms with Crippen LogP contribution in [0.2, 0.25) is 0 Å². The van der Waals surface area contributed by atoms with Crippen LogP contribution in [0.15, 0.2) is 48.8 Å². The van der Waals surface area contributed by atoms with Gasteiger partial charge in [-0.1, -0.05) is 32.9 Å². The fraction of sp³-hybridized carbons (Fsp3) is 0.444. The predicted molar refractivity (Wildman–Crippen MR) is 134 cm³/mol. The van der Waals surface area contributed by atoms with Crippen molar-refractivity contribution in [2.75, 3.05) is 36.0 Å². The fourth-order valence-corrected chi connectivity index (χ4v) is 5.35. The molecule has 2 N–H and O–H groups in total. The Kier molecular flexibility index (Phi) is 5.57. The number of ketones is 1. The Morgan fingerprint density at radius 1 is 1.12 bits per heavy atom. The van der Waals surface area contributed by atoms with Crippen molar-refractivity contribution in [3.8, 4) is 0 Å². The molecule has 33 heavy (non-hydrogen) atoms. The Balaban J connectivity index is 1.37. The summed E-state index contributed by atoms with van der Waals surface area (Å²) in [5, 5.41) is 1.05. The van der Waals surface area contributed by atoms with Crippen LogP contribution in [0.4, 0.5) is 11.4 Å². The average molecular weight is 444 g/mol. The summed E-state index contributed by atoms with van der Waals surface area (Å²) in [6.07, 6.45) is 4.92. The Morgan fingerprint density at radius 2 is 1.91 bits per heavy atom. The SMILES string of the molecule is C[C@@H]1C[C@H](N)CN(c2ccncc2CC(=O)c2ccc3ccc(N4CC(C)(C)C4)cc3n2)C1. The number of fused-ring (bicyclic) bond motifs is 1. The minimum absolute atomic E-state index is 0.0102. The van der Waals surface area contributed by atoms with Crippen LogP contribution in [-0.4, -0.2) is 48.0 Å². The van der Waals surface area contributed by atoms with Gasteiger partial charge in [0.2, 0.25) is 0 Å². The number of anilines is 2. The summed E-state index contributed by atoms with van der Waals surface area (Å²) in [5.74, 6) is 0.537. The molecule has 2 aromatic heterocycles. The Bertz CT molecular complexity index is 1170. The number of carbonyl (C=O) groups excluding carboxylic acids is 1. The van der Waals surface area contributed by atoms with Crippen molar-refractivity contribution in [2.24, 2.45) is 17.1 Å². The number of nitrogens with zero attached hydrogens (tertiary/aromatic N) is 4. The quantitative estimate of drug-likeness (QED) is 0.599. The number of hydrogen-bond acceptors (Lipinski definition) is 6. The molecule has 2 saturated heterocycles. The second-order valence-electron chi connectivity index (χ2n) is 10.7. The predicted octanol–water partition coefficient (Wildman–Crippen LogP) is 4.07. The summed E-state index contributed by atoms with van der Waals surface area (Å²) >= 11 is 0. The van der Waals surface area contributed by atoms with Gasteiger partial charge in [0.05, 0.1) is 5.52 Å². The molecule has 172 valence electrons. The number of Topliss-reactive ketones (excluding diaryl/α,β-unsaturated/α-hetero) is 1. The van der Waals surface area contributed by atoms with Crippen LogP contribution in [0, 0.1) is 11.3 Å². The van der Waals surface area contributed by atoms with Gasteiger partial charge in [-0.25, -0.2) is 4.98 Å². The lowest BCUT2D eigenvalue weighted by atomic mass is 9.84. The van der Waals surface area contributed by atoms with E-state index in [0.29, 0.717) is 17.0 Å². The zero-order valence-electron chi connectivity index (χ0n) is 19.8. The maximum atomic E-state index is 13.2. The van der Waals surface area contributed by atoms with Crippen molar-refractivity contribution in [3.05, 3.63) is 60.0 Å². The minimum atomic E-state index is 0.0102. The van der Waals surface area contributed by atoms with E-state index in [0.717, 1.165) is 54.8 Å². The smallest absolute Gasteiger partial charge is 0.185 e. The number of benzene rings is 1. The van der Waals surface area contributed by atoms with Crippen molar-refractivity contribution in [1.29, 1.82) is 0 Å². The van der Waals surface area contributed by atoms with Crippen molar-refractivity contribution >= 4 is 28.1 Å². The van der Waals surface area contributed by atoms with Gasteiger partial charge in [-0.05, 0) is 42.0 Å². The summed E-state index contributed by atoms with van der Waals surface area (Å²) in [5.41, 5.74) is 11.2. The molecule has 2 aliphatic rings. The maximum absolute atomic E-state index is 13.2. The van der Waals surface area contributed by atoms with E-state index in [9.17, 15) is 4.79 Å². The monoisotopic (exact) mass is 443 g/mol. The molecular formula is C27H33N5O. The summed E-state index contributed by atoms with van der Waals surface area (Å²) in [6, 6.07) is 12.3. The molecule has 5 rings (SSSR count). The van der Waals surface area contributed by atoms with Gasteiger partial charge < -0.3 is 15.5 Å². The van der Waals surface area contributed by atoms with Crippen LogP contribution >= 0.6 is 0 Å². The lowest BCUT2D eigenvalue weighted by molar-refractivity contribution is 0.0988. The first-order chi connectivity index (χ1) is 15.8. The third-order valence-corrected chi connectivity index (χ3v) is 6.83. The third kappa shape index (κ3) is 4.58. The highest BCUT2D eigenvalue weighted by Crippen LogP contribution is 2.34. The fourth-order valence-electron chi connectivity index (χ4n) is 5.35. The van der Waals surface area contributed by atoms with E-state index >= 15 is 0 Å². The van der Waals surface area contributed by atoms with E-state index in [2.05, 4.69) is 53.8 Å². The minimum Gasteiger partial charge on any atom is -0.370 e. The van der Waals surface area contributed by atoms with E-state index in [4.69, 9.17) is 10.7 Å². The number of nitrogens with two attached hydrogens (primary N) is 1. The summed E-state index contributed by atoms with van der Waals surface area (Å²) in [4.78, 5) is 27.0. The van der Waals surface area contributed by atoms with Crippen molar-refractivity contribution in [1.82, 2.24) is 9.97 Å². The summed E-state index contributed by atoms with van der Waals surface area (Å²) in [7, 11) is 0. The lowest BCUT2D eigenvalue weighted by Gasteiger charge is -2.47. The van der Waals surface area contributed by atoms with E-state index in [1.54, 1.807) is 6.20 Å². The maximum Gasteiger partial charge on any atom is 0.185 e. The molecule has 0 amide bonds. The Morgan fingerprint density at radius 3 is 2.67 bits per heavy atom. The van der Waals surface area contributed by atoms with Gasteiger partial charge in [0, 0.05) is 73.4 Å². The molecule has 0 bridgehead atoms. The molecule has 0 saturated carbocycles. The molecule has 0 aliphatic carbocycles. The number of piperidine rings is 1. The highest BCUT2D eigenvalue weighted by atomic mass is 16.1. The Labute approximate surface area is 195 Å². The molecule has 2 fully saturated rings. The van der Waals surface area contributed by atoms with Crippen molar-refractivity contribution < 1.29 is 4.79 Å². The summed E-state index contributed by atoms with van der Waals surface area (Å²) < 4.78 is 0. The molecule has 6 heteroatoms. The zero-order chi connectivity index (χ0) is 23.2. The van der Waals surface area contributed by atoms with Gasteiger partial charge in [-0.3, -0.25) is 9.78 Å². The largest absolute Gasteiger partial charge is 0.370 e. The first-order valence-corrected chi connectivity index (χ1v) is 11.9. The third-order valence-electron chi connectivity index (χ3n) is 6.83. The van der Waals surface area contributed by atoms with Gasteiger partial charge in [-0.15, -0.1) is 0 Å². The number of carbonyl (C=O) groups is 1. The molecule has 2 aliphatic heterocycles. The molecular weight excluding hydrogens is 410 g/mol. The highest BCUT2D eigenvalue weighted by molar-refractivity contribution is 5.98. The van der Waals surface area contributed by atoms with Crippen LogP contribution in [0.3, 0.4) is 0 Å². The topological polar surface area (TPSA) is 75.3 Å². The first kappa shape index (κ1) is 21.8. The molecule has 6 nitrogen and oxygen atoms in total. The molecule has 2 atom stereocenters. The van der Waals surface area contributed by atoms with Gasteiger partial charge in [0.15, 0.2) is 5.78 Å². The van der Waals surface area contributed by atoms with E-state index < -0.39 is 0 Å². The number of rotatable bonds is 5. The molecule has 1 aromatic carbocycles. The van der Waals surface area contributed by atoms with Crippen LogP contribution < -0.4 is 15.5 Å². The molecule has 0 unspecified atom stereocenters. The van der Waals surface area contributed by atoms with Gasteiger partial charge in [0.25, 0.3) is 0 Å². The van der Waals surface area contributed by atoms with E-state index in [1.807, 2.05) is 24.4 Å². The van der Waals surface area contributed by atoms with Crippen LogP contribution in [-0.2, 0) is 6.42 Å². The van der Waals surface area contributed by atoms with Crippen molar-refractivity contribution in [3.63, 3.8) is 0 Å². The van der Waals surface area contributed by atoms with Gasteiger partial charge in [0.1, 0.15) is 5.69 Å². The molecule has 4 heterocycles. The highest BCUT2D eigenvalue weighted by Gasteiger charge is 2.34. The molecule has 0 spiro atoms. The van der Waals surface area contributed by atoms with E-state index in [-0.39, 0.29) is 18.2 Å². The summed E-state index contributed by atoms with van der Waals surface area (Å²) in [6.45, 7) is 10.6. The number of pyridine rings is 2. The Hall–Kier alpha value is -2.99. The number of hydrogen-bond donors (Lipinski definition) is 1. The normalized spacial score (nSPS) is 22.3. The zero-order valence-corrected chi connectivity index (χ0v) is 19.8. The lowest BCUT2D eigenvalue weighted by Crippen LogP contribution is -2.53. The van der Waals surface area contributed by atoms with Crippen LogP contribution in [0.25, 0.3) is 10.9 Å². The first-order valence-electron chi connectivity index (χ1n) is 11.9. The van der Waals surface area contributed by atoms with Crippen LogP contribution in [0.5, 0.6) is 0 Å². The van der Waals surface area contributed by atoms with Gasteiger partial charge >= 0.3 is 0 Å². The standard InChI is InChI=1S/C27H33N5O/c1-18-10-21(28)15-31(14-18)25-8-9-29-13-20(25)11-26(33)23-7-5-19-4-6-22(12-24(19)30-23)32-16-27(2,3)17-32/h4-9,12-13,18,21H,10-11,14-17,28H2,1-3H3/t18-,21+/m1/s1. The molecule has 3 aromatic rings. The van der Waals surface area contributed by atoms with E-state index in [1.165, 1.54) is 5.69 Å². The van der Waals surface area contributed by atoms with Crippen molar-refractivity contribution in [2.45, 2.75) is 39.7 Å². The molecule has 0 radical (unpaired) electrons. The number of aromatic nitrogens is 2. The second kappa shape index (κ2) is 8.41. The van der Waals surface area contributed by atoms with Crippen LogP contribution in [0.1, 0.15) is 43.2 Å². The van der Waals surface area contributed by atoms with Gasteiger partial charge in [-0.2, -0.15) is 0 Å². The average Bonchev–Trinajstić information content (AvgIpc) is 2.76.